The van der Waals surface area contributed by atoms with E-state index in [9.17, 15) is 14.4 Å². The zero-order valence-electron chi connectivity index (χ0n) is 11.6. The number of carboxylic acids is 2. The van der Waals surface area contributed by atoms with Crippen LogP contribution in [0, 0.1) is 6.92 Å². The minimum absolute atomic E-state index is 0.425. The molecule has 0 aliphatic heterocycles. The summed E-state index contributed by atoms with van der Waals surface area (Å²) in [6, 6.07) is 14.9. The van der Waals surface area contributed by atoms with E-state index in [1.807, 2.05) is 0 Å². The number of aryl methyl sites for hydroxylation is 1. The number of carboxylic acid groups (broad SMARTS) is 2. The van der Waals surface area contributed by atoms with E-state index in [1.54, 1.807) is 0 Å². The fourth-order valence-electron chi connectivity index (χ4n) is 1.64. The molecule has 2 aromatic rings. The molecular weight excluding hydrogens is 272 g/mol. The number of rotatable bonds is 4. The van der Waals surface area contributed by atoms with Crippen LogP contribution in [-0.4, -0.2) is 27.9 Å². The number of hydrogen-bond acceptors (Lipinski definition) is 3. The second-order valence-electron chi connectivity index (χ2n) is 4.47. The largest absolute Gasteiger partial charge is 0.481 e. The van der Waals surface area contributed by atoms with Crippen LogP contribution in [0.25, 0.3) is 10.8 Å². The summed E-state index contributed by atoms with van der Waals surface area (Å²) < 4.78 is 0. The second-order valence-corrected chi connectivity index (χ2v) is 4.47. The van der Waals surface area contributed by atoms with E-state index in [-0.39, 0.29) is 0 Å². The van der Waals surface area contributed by atoms with Gasteiger partial charge in [-0.15, -0.1) is 0 Å². The number of Topliss-reactive ketones (excluding diaryl/α,β-unsaturated/α-hetero) is 1. The van der Waals surface area contributed by atoms with Crippen molar-refractivity contribution >= 4 is 28.5 Å². The van der Waals surface area contributed by atoms with Crippen LogP contribution >= 0.6 is 0 Å². The van der Waals surface area contributed by atoms with Crippen molar-refractivity contribution in [3.05, 3.63) is 48.0 Å². The SMILES string of the molecule is Cc1ccc2ccccc2c1.O=C(O)CCC(=O)C(=O)O. The predicted molar refractivity (Wildman–Crippen MR) is 78.2 cm³/mol. The molecule has 5 nitrogen and oxygen atoms in total. The highest BCUT2D eigenvalue weighted by molar-refractivity contribution is 6.32. The van der Waals surface area contributed by atoms with E-state index in [0.29, 0.717) is 0 Å². The first kappa shape index (κ1) is 16.4. The molecule has 0 heterocycles. The first-order valence-corrected chi connectivity index (χ1v) is 6.33. The van der Waals surface area contributed by atoms with Crippen molar-refractivity contribution < 1.29 is 24.6 Å². The molecule has 0 spiro atoms. The Morgan fingerprint density at radius 3 is 2.10 bits per heavy atom. The summed E-state index contributed by atoms with van der Waals surface area (Å²) in [5, 5.41) is 18.6. The molecule has 110 valence electrons. The zero-order valence-corrected chi connectivity index (χ0v) is 11.6. The minimum atomic E-state index is -1.58. The number of hydrogen-bond donors (Lipinski definition) is 2. The smallest absolute Gasteiger partial charge is 0.372 e. The lowest BCUT2D eigenvalue weighted by atomic mass is 10.1. The van der Waals surface area contributed by atoms with E-state index in [4.69, 9.17) is 10.2 Å². The Balaban J connectivity index is 0.000000212. The van der Waals surface area contributed by atoms with Crippen LogP contribution < -0.4 is 0 Å². The molecule has 5 heteroatoms. The Hall–Kier alpha value is -2.69. The van der Waals surface area contributed by atoms with Crippen LogP contribution in [0.3, 0.4) is 0 Å². The van der Waals surface area contributed by atoms with Gasteiger partial charge in [0.15, 0.2) is 0 Å². The van der Waals surface area contributed by atoms with Gasteiger partial charge in [0, 0.05) is 6.42 Å². The molecule has 0 saturated carbocycles. The van der Waals surface area contributed by atoms with E-state index >= 15 is 0 Å². The molecule has 0 saturated heterocycles. The molecule has 0 unspecified atom stereocenters. The summed E-state index contributed by atoms with van der Waals surface area (Å²) in [6.45, 7) is 2.12. The quantitative estimate of drug-likeness (QED) is 0.844. The maximum atomic E-state index is 10.2. The van der Waals surface area contributed by atoms with E-state index in [1.165, 1.54) is 16.3 Å². The van der Waals surface area contributed by atoms with Crippen molar-refractivity contribution in [3.8, 4) is 0 Å². The highest BCUT2D eigenvalue weighted by Gasteiger charge is 2.12. The van der Waals surface area contributed by atoms with Gasteiger partial charge < -0.3 is 10.2 Å². The summed E-state index contributed by atoms with van der Waals surface area (Å²) in [7, 11) is 0. The van der Waals surface area contributed by atoms with Crippen molar-refractivity contribution in [2.24, 2.45) is 0 Å². The highest BCUT2D eigenvalue weighted by Crippen LogP contribution is 2.14. The van der Waals surface area contributed by atoms with Crippen LogP contribution in [0.15, 0.2) is 42.5 Å². The van der Waals surface area contributed by atoms with Crippen LogP contribution in [0.4, 0.5) is 0 Å². The number of aliphatic carboxylic acids is 2. The van der Waals surface area contributed by atoms with Gasteiger partial charge in [0.25, 0.3) is 0 Å². The molecule has 2 N–H and O–H groups in total. The molecule has 2 aromatic carbocycles. The fourth-order valence-corrected chi connectivity index (χ4v) is 1.64. The van der Waals surface area contributed by atoms with E-state index < -0.39 is 30.6 Å². The Labute approximate surface area is 121 Å². The molecule has 2 rings (SSSR count). The third kappa shape index (κ3) is 5.86. The van der Waals surface area contributed by atoms with Crippen LogP contribution in [-0.2, 0) is 14.4 Å². The average Bonchev–Trinajstić information content (AvgIpc) is 2.45. The van der Waals surface area contributed by atoms with Gasteiger partial charge in [0.05, 0.1) is 6.42 Å². The fraction of sp³-hybridized carbons (Fsp3) is 0.188. The highest BCUT2D eigenvalue weighted by atomic mass is 16.4. The number of fused-ring (bicyclic) bond motifs is 1. The Kier molecular flexibility index (Phi) is 6.07. The molecule has 0 amide bonds. The van der Waals surface area contributed by atoms with Gasteiger partial charge in [-0.05, 0) is 17.7 Å². The Morgan fingerprint density at radius 2 is 1.52 bits per heavy atom. The Bertz CT molecular complexity index is 661. The number of carbonyl (C=O) groups excluding carboxylic acids is 1. The second kappa shape index (κ2) is 7.79. The molecule has 0 aliphatic rings. The van der Waals surface area contributed by atoms with Crippen LogP contribution in [0.5, 0.6) is 0 Å². The van der Waals surface area contributed by atoms with Gasteiger partial charge in [-0.1, -0.05) is 48.0 Å². The number of benzene rings is 2. The topological polar surface area (TPSA) is 91.7 Å². The lowest BCUT2D eigenvalue weighted by molar-refractivity contribution is -0.149. The zero-order chi connectivity index (χ0) is 15.8. The molecule has 0 atom stereocenters. The summed E-state index contributed by atoms with van der Waals surface area (Å²) in [5.41, 5.74) is 1.32. The maximum Gasteiger partial charge on any atom is 0.372 e. The molecule has 0 fully saturated rings. The van der Waals surface area contributed by atoms with E-state index in [2.05, 4.69) is 49.4 Å². The molecule has 0 aromatic heterocycles. The van der Waals surface area contributed by atoms with Gasteiger partial charge in [0.1, 0.15) is 0 Å². The summed E-state index contributed by atoms with van der Waals surface area (Å²) in [4.78, 5) is 29.7. The van der Waals surface area contributed by atoms with Gasteiger partial charge in [-0.3, -0.25) is 9.59 Å². The van der Waals surface area contributed by atoms with Crippen molar-refractivity contribution in [1.82, 2.24) is 0 Å². The van der Waals surface area contributed by atoms with Crippen LogP contribution in [0.1, 0.15) is 18.4 Å². The van der Waals surface area contributed by atoms with Crippen molar-refractivity contribution in [2.75, 3.05) is 0 Å². The third-order valence-electron chi connectivity index (χ3n) is 2.71. The lowest BCUT2D eigenvalue weighted by Gasteiger charge is -1.96. The van der Waals surface area contributed by atoms with Crippen molar-refractivity contribution in [2.45, 2.75) is 19.8 Å². The van der Waals surface area contributed by atoms with Crippen molar-refractivity contribution in [1.29, 1.82) is 0 Å². The average molecular weight is 288 g/mol. The minimum Gasteiger partial charge on any atom is -0.481 e. The first-order valence-electron chi connectivity index (χ1n) is 6.33. The summed E-state index contributed by atoms with van der Waals surface area (Å²) in [5.74, 6) is -3.82. The van der Waals surface area contributed by atoms with Gasteiger partial charge in [-0.25, -0.2) is 4.79 Å². The molecule has 0 radical (unpaired) electrons. The molecule has 0 bridgehead atoms. The number of carbonyl (C=O) groups is 3. The monoisotopic (exact) mass is 288 g/mol. The lowest BCUT2D eigenvalue weighted by Crippen LogP contribution is -2.13. The molecular formula is C16H16O5. The van der Waals surface area contributed by atoms with E-state index in [0.717, 1.165) is 0 Å². The maximum absolute atomic E-state index is 10.2. The predicted octanol–water partition coefficient (Wildman–Crippen LogP) is 2.65. The summed E-state index contributed by atoms with van der Waals surface area (Å²) in [6.07, 6.45) is -0.865. The summed E-state index contributed by atoms with van der Waals surface area (Å²) >= 11 is 0. The molecule has 21 heavy (non-hydrogen) atoms. The first-order chi connectivity index (χ1) is 9.90. The van der Waals surface area contributed by atoms with Crippen LogP contribution in [0.2, 0.25) is 0 Å². The Morgan fingerprint density at radius 1 is 0.905 bits per heavy atom. The van der Waals surface area contributed by atoms with Gasteiger partial charge >= 0.3 is 11.9 Å². The standard InChI is InChI=1S/C11H10.C5H6O5/c1-9-6-7-10-4-2-3-5-11(10)8-9;6-3(5(9)10)1-2-4(7)8/h2-8H,1H3;1-2H2,(H,7,8)(H,9,10). The molecule has 0 aliphatic carbocycles. The van der Waals surface area contributed by atoms with Crippen molar-refractivity contribution in [3.63, 3.8) is 0 Å². The third-order valence-corrected chi connectivity index (χ3v) is 2.71. The number of ketones is 1. The van der Waals surface area contributed by atoms with Gasteiger partial charge in [0.2, 0.25) is 5.78 Å². The van der Waals surface area contributed by atoms with Gasteiger partial charge in [-0.2, -0.15) is 0 Å². The normalized spacial score (nSPS) is 9.57.